The smallest absolute Gasteiger partial charge is 0.422 e. The van der Waals surface area contributed by atoms with Gasteiger partial charge < -0.3 is 18.9 Å². The zero-order valence-corrected chi connectivity index (χ0v) is 17.7. The van der Waals surface area contributed by atoms with E-state index in [1.807, 2.05) is 31.2 Å². The maximum Gasteiger partial charge on any atom is 0.422 e. The molecule has 0 radical (unpaired) electrons. The number of halogens is 5. The van der Waals surface area contributed by atoms with Gasteiger partial charge in [0.15, 0.2) is 11.4 Å². The molecule has 32 heavy (non-hydrogen) atoms. The molecule has 4 rings (SSSR count). The number of hydrogen-bond donors (Lipinski definition) is 0. The summed E-state index contributed by atoms with van der Waals surface area (Å²) in [6, 6.07) is 8.86. The second kappa shape index (κ2) is 9.21. The maximum absolute atomic E-state index is 13.8. The molecule has 0 amide bonds. The van der Waals surface area contributed by atoms with Crippen molar-refractivity contribution in [3.8, 4) is 10.8 Å². The van der Waals surface area contributed by atoms with E-state index in [9.17, 15) is 22.0 Å². The van der Waals surface area contributed by atoms with Gasteiger partial charge in [0.05, 0.1) is 26.4 Å². The minimum Gasteiger partial charge on any atom is -0.494 e. The van der Waals surface area contributed by atoms with Crippen LogP contribution in [0.25, 0.3) is 10.1 Å². The highest BCUT2D eigenvalue weighted by Crippen LogP contribution is 2.37. The molecule has 10 heteroatoms. The van der Waals surface area contributed by atoms with Gasteiger partial charge in [0.2, 0.25) is 0 Å². The van der Waals surface area contributed by atoms with Crippen LogP contribution in [-0.4, -0.2) is 26.4 Å². The number of hydrogen-bond acceptors (Lipinski definition) is 5. The predicted molar refractivity (Wildman–Crippen MR) is 108 cm³/mol. The highest BCUT2D eigenvalue weighted by atomic mass is 32.1. The molecule has 0 spiro atoms. The van der Waals surface area contributed by atoms with Crippen LogP contribution in [0.2, 0.25) is 0 Å². The molecule has 172 valence electrons. The van der Waals surface area contributed by atoms with Gasteiger partial charge >= 0.3 is 6.18 Å². The van der Waals surface area contributed by atoms with Crippen LogP contribution in [0, 0.1) is 17.6 Å². The monoisotopic (exact) mass is 474 g/mol. The molecule has 1 aliphatic heterocycles. The zero-order valence-electron chi connectivity index (χ0n) is 16.9. The van der Waals surface area contributed by atoms with Crippen molar-refractivity contribution in [2.24, 2.45) is 5.92 Å². The third-order valence-corrected chi connectivity index (χ3v) is 5.84. The van der Waals surface area contributed by atoms with Crippen LogP contribution in [0.15, 0.2) is 36.4 Å². The second-order valence-electron chi connectivity index (χ2n) is 7.23. The van der Waals surface area contributed by atoms with Crippen LogP contribution in [-0.2, 0) is 15.7 Å². The van der Waals surface area contributed by atoms with E-state index < -0.39 is 29.7 Å². The van der Waals surface area contributed by atoms with Crippen molar-refractivity contribution in [3.63, 3.8) is 0 Å². The lowest BCUT2D eigenvalue weighted by Crippen LogP contribution is -2.31. The molecule has 1 aromatic heterocycles. The molecule has 0 N–H and O–H groups in total. The largest absolute Gasteiger partial charge is 0.494 e. The summed E-state index contributed by atoms with van der Waals surface area (Å²) in [7, 11) is 0. The third-order valence-electron chi connectivity index (χ3n) is 4.83. The van der Waals surface area contributed by atoms with Gasteiger partial charge in [0, 0.05) is 16.2 Å². The highest BCUT2D eigenvalue weighted by Gasteiger charge is 2.38. The first-order valence-corrected chi connectivity index (χ1v) is 10.6. The minimum atomic E-state index is -5.12. The molecule has 4 nitrogen and oxygen atoms in total. The van der Waals surface area contributed by atoms with Crippen LogP contribution in [0.3, 0.4) is 0 Å². The average molecular weight is 474 g/mol. The first-order valence-electron chi connectivity index (χ1n) is 9.83. The Hall–Kier alpha value is -2.43. The summed E-state index contributed by atoms with van der Waals surface area (Å²) < 4.78 is 89.1. The van der Waals surface area contributed by atoms with Gasteiger partial charge in [-0.2, -0.15) is 13.2 Å². The molecule has 0 aliphatic carbocycles. The summed E-state index contributed by atoms with van der Waals surface area (Å²) in [4.78, 5) is 0. The fraction of sp³-hybridized carbons (Fsp3) is 0.364. The summed E-state index contributed by atoms with van der Waals surface area (Å²) in [6.07, 6.45) is -6.28. The number of ether oxygens (including phenoxy) is 4. The Kier molecular flexibility index (Phi) is 6.55. The molecule has 2 aromatic carbocycles. The predicted octanol–water partition coefficient (Wildman–Crippen LogP) is 6.34. The minimum absolute atomic E-state index is 0.151. The van der Waals surface area contributed by atoms with Gasteiger partial charge in [-0.1, -0.05) is 11.3 Å². The van der Waals surface area contributed by atoms with Crippen LogP contribution >= 0.6 is 11.3 Å². The van der Waals surface area contributed by atoms with Gasteiger partial charge in [-0.25, -0.2) is 8.78 Å². The number of fused-ring (bicyclic) bond motifs is 1. The van der Waals surface area contributed by atoms with Crippen molar-refractivity contribution >= 4 is 21.4 Å². The zero-order chi connectivity index (χ0) is 22.9. The Balaban J connectivity index is 1.34. The SMILES string of the molecule is CCOc1ccc2cc(OCC3COC(c4cc(F)c(C(F)(F)F)c(F)c4)OC3)sc2c1. The highest BCUT2D eigenvalue weighted by molar-refractivity contribution is 7.20. The van der Waals surface area contributed by atoms with E-state index in [2.05, 4.69) is 0 Å². The van der Waals surface area contributed by atoms with E-state index in [1.165, 1.54) is 11.3 Å². The van der Waals surface area contributed by atoms with Gasteiger partial charge in [0.1, 0.15) is 22.9 Å². The van der Waals surface area contributed by atoms with Crippen LogP contribution < -0.4 is 9.47 Å². The molecule has 0 saturated carbocycles. The van der Waals surface area contributed by atoms with E-state index in [0.717, 1.165) is 15.8 Å². The summed E-state index contributed by atoms with van der Waals surface area (Å²) in [6.45, 7) is 3.10. The molecular weight excluding hydrogens is 455 g/mol. The fourth-order valence-corrected chi connectivity index (χ4v) is 4.30. The van der Waals surface area contributed by atoms with Crippen molar-refractivity contribution in [2.75, 3.05) is 26.4 Å². The van der Waals surface area contributed by atoms with E-state index in [0.29, 0.717) is 23.8 Å². The normalized spacial score (nSPS) is 19.3. The Labute approximate surface area is 184 Å². The molecule has 1 saturated heterocycles. The molecule has 0 unspecified atom stereocenters. The van der Waals surface area contributed by atoms with Gasteiger partial charge in [-0.15, -0.1) is 0 Å². The van der Waals surface area contributed by atoms with Gasteiger partial charge in [-0.3, -0.25) is 0 Å². The molecule has 1 aliphatic rings. The van der Waals surface area contributed by atoms with Crippen molar-refractivity contribution in [1.29, 1.82) is 0 Å². The number of alkyl halides is 3. The topological polar surface area (TPSA) is 36.9 Å². The summed E-state index contributed by atoms with van der Waals surface area (Å²) in [5.74, 6) is -2.78. The van der Waals surface area contributed by atoms with E-state index in [-0.39, 0.29) is 31.3 Å². The number of thiophene rings is 1. The maximum atomic E-state index is 13.8. The molecule has 0 bridgehead atoms. The Morgan fingerprint density at radius 1 is 1.00 bits per heavy atom. The van der Waals surface area contributed by atoms with E-state index >= 15 is 0 Å². The van der Waals surface area contributed by atoms with E-state index in [4.69, 9.17) is 18.9 Å². The van der Waals surface area contributed by atoms with Gasteiger partial charge in [-0.05, 0) is 48.7 Å². The summed E-state index contributed by atoms with van der Waals surface area (Å²) in [5, 5.41) is 1.73. The molecule has 1 fully saturated rings. The number of rotatable bonds is 6. The Morgan fingerprint density at radius 2 is 1.69 bits per heavy atom. The summed E-state index contributed by atoms with van der Waals surface area (Å²) in [5.41, 5.74) is -2.08. The van der Waals surface area contributed by atoms with Crippen LogP contribution in [0.4, 0.5) is 22.0 Å². The lowest BCUT2D eigenvalue weighted by Gasteiger charge is -2.29. The first-order chi connectivity index (χ1) is 15.2. The Bertz CT molecular complexity index is 1070. The fourth-order valence-electron chi connectivity index (χ4n) is 3.35. The van der Waals surface area contributed by atoms with Crippen molar-refractivity contribution < 1.29 is 40.9 Å². The van der Waals surface area contributed by atoms with Crippen molar-refractivity contribution in [2.45, 2.75) is 19.4 Å². The standard InChI is InChI=1S/C22H19F5O4S/c1-2-28-15-4-3-13-7-19(32-18(13)8-15)29-9-12-10-30-21(31-11-12)14-5-16(23)20(17(24)6-14)22(25,26)27/h3-8,12,21H,2,9-11H2,1H3. The molecule has 0 atom stereocenters. The lowest BCUT2D eigenvalue weighted by atomic mass is 10.1. The van der Waals surface area contributed by atoms with Crippen LogP contribution in [0.5, 0.6) is 10.8 Å². The van der Waals surface area contributed by atoms with E-state index in [1.54, 1.807) is 0 Å². The quantitative estimate of drug-likeness (QED) is 0.391. The van der Waals surface area contributed by atoms with Crippen molar-refractivity contribution in [3.05, 3.63) is 59.2 Å². The molecule has 3 aromatic rings. The Morgan fingerprint density at radius 3 is 2.31 bits per heavy atom. The molecule has 2 heterocycles. The van der Waals surface area contributed by atoms with Crippen molar-refractivity contribution in [1.82, 2.24) is 0 Å². The molecular formula is C22H19F5O4S. The average Bonchev–Trinajstić information content (AvgIpc) is 3.13. The lowest BCUT2D eigenvalue weighted by molar-refractivity contribution is -0.208. The first kappa shape index (κ1) is 22.8. The second-order valence-corrected chi connectivity index (χ2v) is 8.28. The number of benzene rings is 2. The van der Waals surface area contributed by atoms with Gasteiger partial charge in [0.25, 0.3) is 0 Å². The summed E-state index contributed by atoms with van der Waals surface area (Å²) >= 11 is 1.47. The third kappa shape index (κ3) is 4.97. The van der Waals surface area contributed by atoms with Crippen LogP contribution in [0.1, 0.15) is 24.3 Å².